The smallest absolute Gasteiger partial charge is 0.317 e. The van der Waals surface area contributed by atoms with Crippen molar-refractivity contribution in [3.63, 3.8) is 0 Å². The standard InChI is InChI=1S/C25H31NO6.ClH/c1-29-22-9-8-21(14-23(22)30-2)18-32-25(28)15-24(27)31-17-20-10-12-26(13-11-20)16-19-6-4-3-5-7-19;/h3-9,14,20H,10-13,15-18H2,1-2H3;1H. The van der Waals surface area contributed by atoms with Gasteiger partial charge in [0.1, 0.15) is 13.0 Å². The van der Waals surface area contributed by atoms with Crippen LogP contribution < -0.4 is 9.47 Å². The fraction of sp³-hybridized carbons (Fsp3) is 0.440. The molecule has 8 heteroatoms. The van der Waals surface area contributed by atoms with E-state index in [-0.39, 0.29) is 25.4 Å². The van der Waals surface area contributed by atoms with Gasteiger partial charge in [-0.1, -0.05) is 36.4 Å². The maximum Gasteiger partial charge on any atom is 0.317 e. The molecule has 0 amide bonds. The quantitative estimate of drug-likeness (QED) is 0.378. The summed E-state index contributed by atoms with van der Waals surface area (Å²) in [4.78, 5) is 26.4. The molecule has 0 radical (unpaired) electrons. The summed E-state index contributed by atoms with van der Waals surface area (Å²) in [6, 6.07) is 15.7. The first kappa shape index (κ1) is 26.5. The molecule has 1 fully saturated rings. The Morgan fingerprint density at radius 2 is 1.55 bits per heavy atom. The monoisotopic (exact) mass is 477 g/mol. The summed E-state index contributed by atoms with van der Waals surface area (Å²) in [5, 5.41) is 0. The van der Waals surface area contributed by atoms with Crippen LogP contribution in [0.15, 0.2) is 48.5 Å². The summed E-state index contributed by atoms with van der Waals surface area (Å²) in [6.07, 6.45) is 1.56. The molecule has 33 heavy (non-hydrogen) atoms. The van der Waals surface area contributed by atoms with Gasteiger partial charge in [-0.25, -0.2) is 0 Å². The van der Waals surface area contributed by atoms with Crippen LogP contribution in [0.1, 0.15) is 30.4 Å². The average molecular weight is 478 g/mol. The number of likely N-dealkylation sites (tertiary alicyclic amines) is 1. The summed E-state index contributed by atoms with van der Waals surface area (Å²) < 4.78 is 20.9. The van der Waals surface area contributed by atoms with Gasteiger partial charge in [0.2, 0.25) is 0 Å². The van der Waals surface area contributed by atoms with Gasteiger partial charge < -0.3 is 18.9 Å². The van der Waals surface area contributed by atoms with E-state index in [1.807, 2.05) is 6.07 Å². The van der Waals surface area contributed by atoms with Gasteiger partial charge in [0, 0.05) is 6.54 Å². The van der Waals surface area contributed by atoms with Crippen molar-refractivity contribution in [1.82, 2.24) is 4.90 Å². The first-order valence-electron chi connectivity index (χ1n) is 10.9. The Kier molecular flexibility index (Phi) is 11.0. The van der Waals surface area contributed by atoms with Crippen LogP contribution in [0.2, 0.25) is 0 Å². The van der Waals surface area contributed by atoms with Crippen LogP contribution in [0.5, 0.6) is 11.5 Å². The van der Waals surface area contributed by atoms with Crippen LogP contribution in [0.4, 0.5) is 0 Å². The van der Waals surface area contributed by atoms with Gasteiger partial charge >= 0.3 is 11.9 Å². The fourth-order valence-corrected chi connectivity index (χ4v) is 3.72. The molecule has 7 nitrogen and oxygen atoms in total. The largest absolute Gasteiger partial charge is 0.493 e. The van der Waals surface area contributed by atoms with Crippen molar-refractivity contribution in [2.24, 2.45) is 5.92 Å². The number of esters is 2. The maximum atomic E-state index is 12.0. The van der Waals surface area contributed by atoms with E-state index in [4.69, 9.17) is 18.9 Å². The van der Waals surface area contributed by atoms with Crippen molar-refractivity contribution >= 4 is 24.3 Å². The second-order valence-corrected chi connectivity index (χ2v) is 7.91. The SMILES string of the molecule is COc1ccc(COC(=O)CC(=O)OCC2CCN(Cc3ccccc3)CC2)cc1OC.Cl. The van der Waals surface area contributed by atoms with Crippen LogP contribution in [0.3, 0.4) is 0 Å². The van der Waals surface area contributed by atoms with Crippen LogP contribution >= 0.6 is 12.4 Å². The third-order valence-corrected chi connectivity index (χ3v) is 5.57. The Morgan fingerprint density at radius 1 is 0.879 bits per heavy atom. The van der Waals surface area contributed by atoms with Gasteiger partial charge in [-0.2, -0.15) is 0 Å². The first-order chi connectivity index (χ1) is 15.6. The van der Waals surface area contributed by atoms with E-state index < -0.39 is 11.9 Å². The number of rotatable bonds is 10. The number of carbonyl (C=O) groups excluding carboxylic acids is 2. The van der Waals surface area contributed by atoms with E-state index >= 15 is 0 Å². The predicted octanol–water partition coefficient (Wildman–Crippen LogP) is 4.01. The summed E-state index contributed by atoms with van der Waals surface area (Å²) in [5.41, 5.74) is 2.05. The van der Waals surface area contributed by atoms with E-state index in [2.05, 4.69) is 29.2 Å². The summed E-state index contributed by atoms with van der Waals surface area (Å²) in [6.45, 7) is 3.29. The number of ether oxygens (including phenoxy) is 4. The molecule has 0 aliphatic carbocycles. The van der Waals surface area contributed by atoms with Crippen LogP contribution in [0, 0.1) is 5.92 Å². The zero-order valence-electron chi connectivity index (χ0n) is 19.2. The van der Waals surface area contributed by atoms with Crippen molar-refractivity contribution in [2.75, 3.05) is 33.9 Å². The Hall–Kier alpha value is -2.77. The minimum Gasteiger partial charge on any atom is -0.493 e. The number of hydrogen-bond acceptors (Lipinski definition) is 7. The zero-order valence-corrected chi connectivity index (χ0v) is 20.0. The van der Waals surface area contributed by atoms with Crippen LogP contribution in [-0.2, 0) is 32.2 Å². The molecule has 0 bridgehead atoms. The van der Waals surface area contributed by atoms with Crippen molar-refractivity contribution < 1.29 is 28.5 Å². The van der Waals surface area contributed by atoms with Gasteiger partial charge in [-0.15, -0.1) is 12.4 Å². The molecule has 2 aromatic carbocycles. The van der Waals surface area contributed by atoms with Crippen LogP contribution in [0.25, 0.3) is 0 Å². The third-order valence-electron chi connectivity index (χ3n) is 5.57. The Labute approximate surface area is 201 Å². The molecule has 1 heterocycles. The number of halogens is 1. The molecule has 2 aromatic rings. The van der Waals surface area contributed by atoms with Gasteiger partial charge in [-0.3, -0.25) is 14.5 Å². The Balaban J connectivity index is 0.00000385. The molecule has 0 saturated carbocycles. The van der Waals surface area contributed by atoms with Crippen molar-refractivity contribution in [2.45, 2.75) is 32.4 Å². The summed E-state index contributed by atoms with van der Waals surface area (Å²) in [5.74, 6) is 0.317. The molecule has 1 saturated heterocycles. The van der Waals surface area contributed by atoms with Crippen LogP contribution in [-0.4, -0.2) is 50.8 Å². The molecule has 180 valence electrons. The first-order valence-corrected chi connectivity index (χ1v) is 10.9. The second-order valence-electron chi connectivity index (χ2n) is 7.91. The normalized spacial score (nSPS) is 14.1. The molecule has 1 aliphatic rings. The van der Waals surface area contributed by atoms with Crippen molar-refractivity contribution in [3.8, 4) is 11.5 Å². The van der Waals surface area contributed by atoms with Gasteiger partial charge in [0.25, 0.3) is 0 Å². The molecule has 3 rings (SSSR count). The molecular weight excluding hydrogens is 446 g/mol. The highest BCUT2D eigenvalue weighted by molar-refractivity contribution is 5.91. The van der Waals surface area contributed by atoms with Crippen molar-refractivity contribution in [3.05, 3.63) is 59.7 Å². The van der Waals surface area contributed by atoms with E-state index in [1.165, 1.54) is 12.7 Å². The van der Waals surface area contributed by atoms with Gasteiger partial charge in [-0.05, 0) is 55.1 Å². The lowest BCUT2D eigenvalue weighted by Gasteiger charge is -2.31. The lowest BCUT2D eigenvalue weighted by molar-refractivity contribution is -0.156. The second kappa shape index (κ2) is 13.7. The number of methoxy groups -OCH3 is 2. The molecule has 0 atom stereocenters. The van der Waals surface area contributed by atoms with E-state index in [9.17, 15) is 9.59 Å². The topological polar surface area (TPSA) is 74.3 Å². The predicted molar refractivity (Wildman–Crippen MR) is 127 cm³/mol. The number of carbonyl (C=O) groups is 2. The van der Waals surface area contributed by atoms with Gasteiger partial charge in [0.05, 0.1) is 20.8 Å². The minimum absolute atomic E-state index is 0. The number of benzene rings is 2. The van der Waals surface area contributed by atoms with Gasteiger partial charge in [0.15, 0.2) is 11.5 Å². The number of nitrogens with zero attached hydrogens (tertiary/aromatic N) is 1. The van der Waals surface area contributed by atoms with Crippen molar-refractivity contribution in [1.29, 1.82) is 0 Å². The highest BCUT2D eigenvalue weighted by atomic mass is 35.5. The minimum atomic E-state index is -0.609. The molecule has 0 N–H and O–H groups in total. The van der Waals surface area contributed by atoms with E-state index in [1.54, 1.807) is 25.3 Å². The number of piperidine rings is 1. The maximum absolute atomic E-state index is 12.0. The van der Waals surface area contributed by atoms with E-state index in [0.717, 1.165) is 38.0 Å². The molecule has 1 aliphatic heterocycles. The fourth-order valence-electron chi connectivity index (χ4n) is 3.72. The zero-order chi connectivity index (χ0) is 22.8. The van der Waals surface area contributed by atoms with E-state index in [0.29, 0.717) is 24.0 Å². The third kappa shape index (κ3) is 8.59. The Bertz CT molecular complexity index is 884. The summed E-state index contributed by atoms with van der Waals surface area (Å²) in [7, 11) is 3.09. The molecule has 0 unspecified atom stereocenters. The number of hydrogen-bond donors (Lipinski definition) is 0. The molecule has 0 spiro atoms. The highest BCUT2D eigenvalue weighted by Gasteiger charge is 2.21. The highest BCUT2D eigenvalue weighted by Crippen LogP contribution is 2.27. The lowest BCUT2D eigenvalue weighted by Crippen LogP contribution is -2.35. The molecular formula is C25H32ClNO6. The summed E-state index contributed by atoms with van der Waals surface area (Å²) >= 11 is 0. The lowest BCUT2D eigenvalue weighted by atomic mass is 9.97. The average Bonchev–Trinajstić information content (AvgIpc) is 2.82. The molecule has 0 aromatic heterocycles. The Morgan fingerprint density at radius 3 is 2.21 bits per heavy atom.